The van der Waals surface area contributed by atoms with E-state index in [9.17, 15) is 0 Å². The van der Waals surface area contributed by atoms with E-state index in [2.05, 4.69) is 5.16 Å². The van der Waals surface area contributed by atoms with Crippen molar-refractivity contribution in [3.63, 3.8) is 0 Å². The molecule has 0 amide bonds. The van der Waals surface area contributed by atoms with Gasteiger partial charge in [0.15, 0.2) is 5.75 Å². The van der Waals surface area contributed by atoms with Gasteiger partial charge in [-0.3, -0.25) is 4.79 Å². The molecule has 0 aliphatic heterocycles. The molecular weight excluding hydrogens is 269 g/mol. The van der Waals surface area contributed by atoms with Crippen LogP contribution < -0.4 is 16.3 Å². The maximum absolute atomic E-state index is 9.00. The Balaban J connectivity index is 0.000000557. The molecule has 0 aromatic heterocycles. The number of carboxylic acids is 1. The molecule has 17 heavy (non-hydrogen) atoms. The topological polar surface area (TPSA) is 111 Å². The van der Waals surface area contributed by atoms with E-state index in [1.807, 2.05) is 0 Å². The number of nitrogens with zero attached hydrogens (tertiary/aromatic N) is 1. The van der Waals surface area contributed by atoms with E-state index in [0.29, 0.717) is 15.8 Å². The minimum Gasteiger partial charge on any atom is -0.481 e. The Kier molecular flexibility index (Phi) is 6.85. The average molecular weight is 280 g/mol. The highest BCUT2D eigenvalue weighted by atomic mass is 35.5. The lowest BCUT2D eigenvalue weighted by Crippen LogP contribution is -2.23. The summed E-state index contributed by atoms with van der Waals surface area (Å²) < 4.78 is 0. The Hall–Kier alpha value is -1.66. The second-order valence-corrected chi connectivity index (χ2v) is 3.54. The Morgan fingerprint density at radius 3 is 2.35 bits per heavy atom. The fraction of sp³-hybridized carbons (Fsp3) is 0.111. The van der Waals surface area contributed by atoms with Gasteiger partial charge in [-0.1, -0.05) is 23.2 Å². The summed E-state index contributed by atoms with van der Waals surface area (Å²) in [5.41, 5.74) is 10.1. The van der Waals surface area contributed by atoms with Gasteiger partial charge in [-0.05, 0) is 23.4 Å². The fourth-order valence-electron chi connectivity index (χ4n) is 0.651. The zero-order valence-corrected chi connectivity index (χ0v) is 10.4. The minimum atomic E-state index is -0.833. The first-order valence-corrected chi connectivity index (χ1v) is 4.99. The number of rotatable bonds is 2. The number of nitrogens with two attached hydrogens (primary N) is 2. The monoisotopic (exact) mass is 279 g/mol. The van der Waals surface area contributed by atoms with Crippen LogP contribution >= 0.6 is 23.2 Å². The van der Waals surface area contributed by atoms with Crippen LogP contribution in [0.25, 0.3) is 0 Å². The first-order valence-electron chi connectivity index (χ1n) is 4.23. The van der Waals surface area contributed by atoms with E-state index in [0.717, 1.165) is 6.92 Å². The second kappa shape index (κ2) is 7.59. The summed E-state index contributed by atoms with van der Waals surface area (Å²) in [7, 11) is 0. The molecule has 6 nitrogen and oxygen atoms in total. The zero-order chi connectivity index (χ0) is 13.4. The van der Waals surface area contributed by atoms with Gasteiger partial charge in [-0.15, -0.1) is 0 Å². The molecule has 1 aromatic carbocycles. The summed E-state index contributed by atoms with van der Waals surface area (Å²) in [6.45, 7) is 1.08. The molecule has 0 radical (unpaired) electrons. The van der Waals surface area contributed by atoms with Crippen LogP contribution in [0.3, 0.4) is 0 Å². The number of hydrogen-bond donors (Lipinski definition) is 3. The molecular formula is C9H11Cl2N3O3. The number of carboxylic acid groups (broad SMARTS) is 1. The number of hydrogen-bond acceptors (Lipinski definition) is 3. The third-order valence-electron chi connectivity index (χ3n) is 1.14. The summed E-state index contributed by atoms with van der Waals surface area (Å²) >= 11 is 11.4. The summed E-state index contributed by atoms with van der Waals surface area (Å²) in [6, 6.07) is 4.71. The van der Waals surface area contributed by atoms with E-state index >= 15 is 0 Å². The molecule has 0 atom stereocenters. The summed E-state index contributed by atoms with van der Waals surface area (Å²) in [6.07, 6.45) is 0. The molecule has 0 heterocycles. The van der Waals surface area contributed by atoms with Gasteiger partial charge in [0.2, 0.25) is 5.96 Å². The van der Waals surface area contributed by atoms with E-state index in [1.165, 1.54) is 6.07 Å². The van der Waals surface area contributed by atoms with Gasteiger partial charge in [0.25, 0.3) is 5.97 Å². The maximum Gasteiger partial charge on any atom is 0.300 e. The standard InChI is InChI=1S/C7H7Cl2N3O.C2H4O2/c8-4-1-2-6(5(9)3-4)13-12-7(10)11;1-2(3)4/h1-3H,(H4,10,11,12);1H3,(H,3,4). The smallest absolute Gasteiger partial charge is 0.300 e. The van der Waals surface area contributed by atoms with Crippen LogP contribution in [-0.2, 0) is 4.79 Å². The molecule has 0 fully saturated rings. The van der Waals surface area contributed by atoms with Crippen molar-refractivity contribution in [1.82, 2.24) is 0 Å². The van der Waals surface area contributed by atoms with Crippen molar-refractivity contribution in [2.75, 3.05) is 0 Å². The van der Waals surface area contributed by atoms with Gasteiger partial charge >= 0.3 is 0 Å². The second-order valence-electron chi connectivity index (χ2n) is 2.70. The van der Waals surface area contributed by atoms with Crippen molar-refractivity contribution in [2.24, 2.45) is 16.6 Å². The number of halogens is 2. The van der Waals surface area contributed by atoms with Crippen LogP contribution in [0.2, 0.25) is 10.0 Å². The first kappa shape index (κ1) is 15.3. The molecule has 0 unspecified atom stereocenters. The quantitative estimate of drug-likeness (QED) is 0.433. The predicted octanol–water partition coefficient (Wildman–Crippen LogP) is 1.65. The van der Waals surface area contributed by atoms with Crippen LogP contribution in [0.4, 0.5) is 0 Å². The van der Waals surface area contributed by atoms with Crippen molar-refractivity contribution in [1.29, 1.82) is 0 Å². The maximum atomic E-state index is 9.00. The van der Waals surface area contributed by atoms with Crippen molar-refractivity contribution in [3.8, 4) is 5.75 Å². The third-order valence-corrected chi connectivity index (χ3v) is 1.67. The van der Waals surface area contributed by atoms with Crippen molar-refractivity contribution in [2.45, 2.75) is 6.92 Å². The molecule has 0 saturated carbocycles. The van der Waals surface area contributed by atoms with Gasteiger partial charge in [0, 0.05) is 11.9 Å². The highest BCUT2D eigenvalue weighted by Crippen LogP contribution is 2.27. The van der Waals surface area contributed by atoms with E-state index in [1.54, 1.807) is 12.1 Å². The van der Waals surface area contributed by atoms with Gasteiger partial charge in [-0.25, -0.2) is 0 Å². The van der Waals surface area contributed by atoms with E-state index in [4.69, 9.17) is 49.4 Å². The SMILES string of the molecule is CC(=O)O.NC(N)=NOc1ccc(Cl)cc1Cl. The molecule has 0 aliphatic carbocycles. The number of benzene rings is 1. The largest absolute Gasteiger partial charge is 0.481 e. The fourth-order valence-corrected chi connectivity index (χ4v) is 1.09. The molecule has 1 rings (SSSR count). The van der Waals surface area contributed by atoms with Gasteiger partial charge in [0.05, 0.1) is 5.02 Å². The Morgan fingerprint density at radius 1 is 1.41 bits per heavy atom. The summed E-state index contributed by atoms with van der Waals surface area (Å²) in [5.74, 6) is -0.662. The summed E-state index contributed by atoms with van der Waals surface area (Å²) in [4.78, 5) is 13.8. The van der Waals surface area contributed by atoms with Crippen molar-refractivity contribution >= 4 is 35.1 Å². The zero-order valence-electron chi connectivity index (χ0n) is 8.85. The highest BCUT2D eigenvalue weighted by Gasteiger charge is 2.01. The average Bonchev–Trinajstić information content (AvgIpc) is 2.15. The summed E-state index contributed by atoms with van der Waals surface area (Å²) in [5, 5.41) is 11.6. The predicted molar refractivity (Wildman–Crippen MR) is 66.2 cm³/mol. The van der Waals surface area contributed by atoms with Crippen LogP contribution in [0.15, 0.2) is 23.4 Å². The number of aliphatic carboxylic acids is 1. The van der Waals surface area contributed by atoms with Gasteiger partial charge in [-0.2, -0.15) is 0 Å². The van der Waals surface area contributed by atoms with Crippen molar-refractivity contribution in [3.05, 3.63) is 28.2 Å². The molecule has 1 aromatic rings. The van der Waals surface area contributed by atoms with Crippen molar-refractivity contribution < 1.29 is 14.7 Å². The molecule has 0 aliphatic rings. The van der Waals surface area contributed by atoms with Crippen LogP contribution in [-0.4, -0.2) is 17.0 Å². The van der Waals surface area contributed by atoms with E-state index in [-0.39, 0.29) is 5.96 Å². The lowest BCUT2D eigenvalue weighted by atomic mass is 10.3. The lowest BCUT2D eigenvalue weighted by molar-refractivity contribution is -0.134. The molecule has 0 saturated heterocycles. The molecule has 8 heteroatoms. The highest BCUT2D eigenvalue weighted by molar-refractivity contribution is 6.35. The molecule has 0 spiro atoms. The van der Waals surface area contributed by atoms with Crippen LogP contribution in [0, 0.1) is 0 Å². The first-order chi connectivity index (χ1) is 7.82. The molecule has 0 bridgehead atoms. The van der Waals surface area contributed by atoms with E-state index < -0.39 is 5.97 Å². The number of oxime groups is 1. The van der Waals surface area contributed by atoms with Gasteiger partial charge < -0.3 is 21.4 Å². The molecule has 5 N–H and O–H groups in total. The Bertz CT molecular complexity index is 416. The Labute approximate surface area is 108 Å². The minimum absolute atomic E-state index is 0.175. The Morgan fingerprint density at radius 2 is 1.94 bits per heavy atom. The third kappa shape index (κ3) is 8.18. The van der Waals surface area contributed by atoms with Crippen LogP contribution in [0.1, 0.15) is 6.92 Å². The van der Waals surface area contributed by atoms with Crippen LogP contribution in [0.5, 0.6) is 5.75 Å². The molecule has 94 valence electrons. The van der Waals surface area contributed by atoms with Gasteiger partial charge in [0.1, 0.15) is 0 Å². The lowest BCUT2D eigenvalue weighted by Gasteiger charge is -2.01. The number of carbonyl (C=O) groups is 1. The normalized spacial score (nSPS) is 8.65. The number of guanidine groups is 1.